The minimum atomic E-state index is -2.16. The molecule has 1 fully saturated rings. The lowest BCUT2D eigenvalue weighted by molar-refractivity contribution is 0.409. The molecule has 0 spiro atoms. The Hall–Kier alpha value is -2.09. The van der Waals surface area contributed by atoms with Crippen molar-refractivity contribution >= 4 is 44.0 Å². The van der Waals surface area contributed by atoms with E-state index in [0.717, 1.165) is 35.8 Å². The van der Waals surface area contributed by atoms with Gasteiger partial charge in [0.15, 0.2) is 5.82 Å². The SMILES string of the molecule is C=S(C)(=O)N1CCN(c2ccc(Cl)c(-c3nc4ccccc4n3C)n2)CC1. The number of piperazine rings is 1. The van der Waals surface area contributed by atoms with Crippen LogP contribution in [0.4, 0.5) is 5.82 Å². The number of aromatic nitrogens is 3. The Bertz CT molecular complexity index is 1100. The fourth-order valence-corrected chi connectivity index (χ4v) is 4.55. The number of rotatable bonds is 3. The second-order valence-electron chi connectivity index (χ2n) is 6.86. The Labute approximate surface area is 164 Å². The van der Waals surface area contributed by atoms with Gasteiger partial charge in [-0.1, -0.05) is 23.7 Å². The lowest BCUT2D eigenvalue weighted by atomic mass is 10.3. The lowest BCUT2D eigenvalue weighted by Gasteiger charge is -2.35. The van der Waals surface area contributed by atoms with Gasteiger partial charge in [-0.15, -0.1) is 0 Å². The molecule has 27 heavy (non-hydrogen) atoms. The molecule has 1 aromatic carbocycles. The third kappa shape index (κ3) is 3.42. The van der Waals surface area contributed by atoms with Gasteiger partial charge >= 0.3 is 0 Å². The molecule has 2 aromatic heterocycles. The van der Waals surface area contributed by atoms with Crippen molar-refractivity contribution in [2.24, 2.45) is 7.05 Å². The zero-order valence-corrected chi connectivity index (χ0v) is 17.0. The van der Waals surface area contributed by atoms with Gasteiger partial charge in [-0.25, -0.2) is 14.3 Å². The van der Waals surface area contributed by atoms with E-state index in [0.29, 0.717) is 23.8 Å². The summed E-state index contributed by atoms with van der Waals surface area (Å²) in [7, 11) is -0.186. The Kier molecular flexibility index (Phi) is 4.61. The van der Waals surface area contributed by atoms with Crippen molar-refractivity contribution < 1.29 is 4.21 Å². The fourth-order valence-electron chi connectivity index (χ4n) is 3.43. The maximum Gasteiger partial charge on any atom is 0.161 e. The predicted octanol–water partition coefficient (Wildman–Crippen LogP) is 2.67. The van der Waals surface area contributed by atoms with E-state index >= 15 is 0 Å². The average Bonchev–Trinajstić information content (AvgIpc) is 2.98. The van der Waals surface area contributed by atoms with Gasteiger partial charge in [0.25, 0.3) is 0 Å². The maximum absolute atomic E-state index is 12.1. The molecule has 0 amide bonds. The molecule has 0 N–H and O–H groups in total. The van der Waals surface area contributed by atoms with E-state index in [1.807, 2.05) is 52.3 Å². The van der Waals surface area contributed by atoms with Crippen LogP contribution in [0.3, 0.4) is 0 Å². The van der Waals surface area contributed by atoms with Crippen LogP contribution in [0.1, 0.15) is 0 Å². The standard InChI is InChI=1S/C19H22ClN5OS/c1-23-16-7-5-4-6-15(16)21-19(23)18-14(20)8-9-17(22-18)24-10-12-25(13-11-24)27(2,3)26/h4-9H,2,10-13H2,1,3H3. The first-order valence-electron chi connectivity index (χ1n) is 8.75. The molecule has 1 aliphatic heterocycles. The number of fused-ring (bicyclic) bond motifs is 1. The average molecular weight is 404 g/mol. The summed E-state index contributed by atoms with van der Waals surface area (Å²) in [6, 6.07) is 11.8. The molecule has 0 bridgehead atoms. The van der Waals surface area contributed by atoms with Crippen LogP contribution in [-0.2, 0) is 16.8 Å². The number of para-hydroxylation sites is 2. The van der Waals surface area contributed by atoms with Gasteiger partial charge in [-0.2, -0.15) is 0 Å². The third-order valence-corrected chi connectivity index (χ3v) is 6.70. The van der Waals surface area contributed by atoms with Crippen LogP contribution in [0.5, 0.6) is 0 Å². The highest BCUT2D eigenvalue weighted by Gasteiger charge is 2.23. The molecule has 3 heterocycles. The van der Waals surface area contributed by atoms with Crippen molar-refractivity contribution in [3.05, 3.63) is 41.4 Å². The Morgan fingerprint density at radius 3 is 2.44 bits per heavy atom. The minimum Gasteiger partial charge on any atom is -0.354 e. The van der Waals surface area contributed by atoms with Gasteiger partial charge < -0.3 is 9.47 Å². The van der Waals surface area contributed by atoms with Gasteiger partial charge in [-0.3, -0.25) is 4.21 Å². The van der Waals surface area contributed by atoms with Crippen LogP contribution >= 0.6 is 11.6 Å². The number of halogens is 1. The van der Waals surface area contributed by atoms with Crippen LogP contribution in [0.25, 0.3) is 22.6 Å². The van der Waals surface area contributed by atoms with Crippen molar-refractivity contribution in [1.29, 1.82) is 0 Å². The Balaban J connectivity index is 1.67. The fraction of sp³-hybridized carbons (Fsp3) is 0.316. The smallest absolute Gasteiger partial charge is 0.161 e. The highest BCUT2D eigenvalue weighted by molar-refractivity contribution is 7.97. The van der Waals surface area contributed by atoms with E-state index < -0.39 is 9.71 Å². The molecule has 142 valence electrons. The first kappa shape index (κ1) is 18.3. The summed E-state index contributed by atoms with van der Waals surface area (Å²) in [5, 5.41) is 0.574. The van der Waals surface area contributed by atoms with Crippen molar-refractivity contribution in [3.63, 3.8) is 0 Å². The summed E-state index contributed by atoms with van der Waals surface area (Å²) in [4.78, 5) is 11.7. The topological polar surface area (TPSA) is 54.3 Å². The van der Waals surface area contributed by atoms with Gasteiger partial charge in [0.2, 0.25) is 0 Å². The number of hydrogen-bond acceptors (Lipinski definition) is 4. The largest absolute Gasteiger partial charge is 0.354 e. The van der Waals surface area contributed by atoms with Crippen LogP contribution in [-0.4, -0.2) is 61.4 Å². The van der Waals surface area contributed by atoms with Crippen molar-refractivity contribution in [2.45, 2.75) is 0 Å². The quantitative estimate of drug-likeness (QED) is 0.631. The van der Waals surface area contributed by atoms with Gasteiger partial charge in [0.1, 0.15) is 11.5 Å². The molecule has 3 aromatic rings. The summed E-state index contributed by atoms with van der Waals surface area (Å²) in [6.45, 7) is 2.89. The molecule has 1 aliphatic rings. The Morgan fingerprint density at radius 1 is 1.07 bits per heavy atom. The van der Waals surface area contributed by atoms with Crippen LogP contribution in [0.2, 0.25) is 5.02 Å². The number of aryl methyl sites for hydroxylation is 1. The number of anilines is 1. The first-order valence-corrected chi connectivity index (χ1v) is 11.2. The molecule has 1 unspecified atom stereocenters. The van der Waals surface area contributed by atoms with E-state index in [-0.39, 0.29) is 0 Å². The van der Waals surface area contributed by atoms with Crippen molar-refractivity contribution in [1.82, 2.24) is 18.8 Å². The van der Waals surface area contributed by atoms with E-state index in [2.05, 4.69) is 10.8 Å². The van der Waals surface area contributed by atoms with Gasteiger partial charge in [-0.05, 0) is 30.1 Å². The number of nitrogens with zero attached hydrogens (tertiary/aromatic N) is 5. The molecular weight excluding hydrogens is 382 g/mol. The molecule has 0 aliphatic carbocycles. The highest BCUT2D eigenvalue weighted by Crippen LogP contribution is 2.30. The second kappa shape index (κ2) is 6.82. The normalized spacial score (nSPS) is 18.0. The second-order valence-corrected chi connectivity index (χ2v) is 9.70. The van der Waals surface area contributed by atoms with Gasteiger partial charge in [0.05, 0.1) is 16.1 Å². The van der Waals surface area contributed by atoms with Gasteiger partial charge in [0, 0.05) is 49.2 Å². The summed E-state index contributed by atoms with van der Waals surface area (Å²) in [6.07, 6.45) is 1.69. The summed E-state index contributed by atoms with van der Waals surface area (Å²) in [5.41, 5.74) is 2.63. The van der Waals surface area contributed by atoms with E-state index in [4.69, 9.17) is 21.6 Å². The number of imidazole rings is 1. The zero-order chi connectivity index (χ0) is 19.2. The van der Waals surface area contributed by atoms with E-state index in [1.165, 1.54) is 0 Å². The molecule has 0 radical (unpaired) electrons. The van der Waals surface area contributed by atoms with Crippen LogP contribution in [0.15, 0.2) is 36.4 Å². The van der Waals surface area contributed by atoms with Crippen LogP contribution < -0.4 is 4.90 Å². The first-order chi connectivity index (χ1) is 12.8. The van der Waals surface area contributed by atoms with Crippen molar-refractivity contribution in [3.8, 4) is 11.5 Å². The lowest BCUT2D eigenvalue weighted by Crippen LogP contribution is -2.48. The number of pyridine rings is 1. The number of benzene rings is 1. The van der Waals surface area contributed by atoms with Crippen LogP contribution in [0, 0.1) is 0 Å². The predicted molar refractivity (Wildman–Crippen MR) is 114 cm³/mol. The third-order valence-electron chi connectivity index (χ3n) is 4.94. The molecule has 8 heteroatoms. The summed E-state index contributed by atoms with van der Waals surface area (Å²) >= 11 is 6.46. The number of hydrogen-bond donors (Lipinski definition) is 0. The summed E-state index contributed by atoms with van der Waals surface area (Å²) < 4.78 is 16.1. The molecule has 6 nitrogen and oxygen atoms in total. The molecule has 1 saturated heterocycles. The molecular formula is C19H22ClN5OS. The zero-order valence-electron chi connectivity index (χ0n) is 15.4. The Morgan fingerprint density at radius 2 is 1.78 bits per heavy atom. The maximum atomic E-state index is 12.1. The minimum absolute atomic E-state index is 0.574. The molecule has 1 atom stereocenters. The van der Waals surface area contributed by atoms with E-state index in [9.17, 15) is 4.21 Å². The monoisotopic (exact) mass is 403 g/mol. The molecule has 4 rings (SSSR count). The van der Waals surface area contributed by atoms with Crippen molar-refractivity contribution in [2.75, 3.05) is 37.3 Å². The highest BCUT2D eigenvalue weighted by atomic mass is 35.5. The summed E-state index contributed by atoms with van der Waals surface area (Å²) in [5.74, 6) is 5.38. The van der Waals surface area contributed by atoms with E-state index in [1.54, 1.807) is 6.26 Å². The molecule has 0 saturated carbocycles.